The number of nitrogens with zero attached hydrogens (tertiary/aromatic N) is 1. The van der Waals surface area contributed by atoms with Crippen molar-refractivity contribution in [3.8, 4) is 5.75 Å². The first kappa shape index (κ1) is 16.4. The van der Waals surface area contributed by atoms with Gasteiger partial charge < -0.3 is 5.11 Å². The number of aromatic hydroxyl groups is 1. The molecule has 6 rings (SSSR count). The van der Waals surface area contributed by atoms with E-state index in [0.717, 1.165) is 29.0 Å². The number of benzene rings is 2. The molecule has 4 bridgehead atoms. The van der Waals surface area contributed by atoms with Gasteiger partial charge in [0.1, 0.15) is 5.75 Å². The molecule has 0 aromatic heterocycles. The molecule has 3 heteroatoms. The molecule has 0 aliphatic heterocycles. The van der Waals surface area contributed by atoms with Crippen molar-refractivity contribution in [1.82, 2.24) is 0 Å². The summed E-state index contributed by atoms with van der Waals surface area (Å²) in [4.78, 5) is 4.51. The van der Waals surface area contributed by atoms with E-state index in [4.69, 9.17) is 11.6 Å². The van der Waals surface area contributed by atoms with Crippen molar-refractivity contribution in [3.05, 3.63) is 58.6 Å². The van der Waals surface area contributed by atoms with E-state index in [1.165, 1.54) is 44.1 Å². The first-order valence-electron chi connectivity index (χ1n) is 9.73. The van der Waals surface area contributed by atoms with E-state index in [9.17, 15) is 5.11 Å². The SMILES string of the molecule is Oc1ccc(C23CC4CC(CC(C4)C2)C3)cc1C=Nc1ccccc1Cl. The fourth-order valence-electron chi connectivity index (χ4n) is 6.15. The number of phenolic OH excluding ortho intramolecular Hbond substituents is 1. The first-order chi connectivity index (χ1) is 12.6. The molecule has 4 saturated carbocycles. The van der Waals surface area contributed by atoms with Crippen molar-refractivity contribution >= 4 is 23.5 Å². The Morgan fingerprint density at radius 2 is 1.62 bits per heavy atom. The second kappa shape index (κ2) is 6.13. The van der Waals surface area contributed by atoms with Crippen LogP contribution >= 0.6 is 11.6 Å². The van der Waals surface area contributed by atoms with Gasteiger partial charge in [0, 0.05) is 11.8 Å². The van der Waals surface area contributed by atoms with E-state index in [-0.39, 0.29) is 5.75 Å². The van der Waals surface area contributed by atoms with E-state index >= 15 is 0 Å². The van der Waals surface area contributed by atoms with Crippen LogP contribution in [0, 0.1) is 17.8 Å². The molecule has 0 heterocycles. The molecule has 134 valence electrons. The Balaban J connectivity index is 1.49. The Labute approximate surface area is 159 Å². The molecule has 1 N–H and O–H groups in total. The Hall–Kier alpha value is -1.80. The van der Waals surface area contributed by atoms with Crippen LogP contribution in [-0.2, 0) is 5.41 Å². The lowest BCUT2D eigenvalue weighted by atomic mass is 9.48. The highest BCUT2D eigenvalue weighted by atomic mass is 35.5. The van der Waals surface area contributed by atoms with E-state index in [0.29, 0.717) is 10.4 Å². The molecular weight excluding hydrogens is 342 g/mol. The number of hydrogen-bond donors (Lipinski definition) is 1. The topological polar surface area (TPSA) is 32.6 Å². The predicted octanol–water partition coefficient (Wildman–Crippen LogP) is 6.26. The summed E-state index contributed by atoms with van der Waals surface area (Å²) in [6.07, 6.45) is 10.1. The molecule has 0 unspecified atom stereocenters. The van der Waals surface area contributed by atoms with Crippen LogP contribution in [0.4, 0.5) is 5.69 Å². The highest BCUT2D eigenvalue weighted by Crippen LogP contribution is 2.60. The molecule has 0 atom stereocenters. The molecule has 4 fully saturated rings. The fourth-order valence-corrected chi connectivity index (χ4v) is 6.33. The maximum absolute atomic E-state index is 10.3. The summed E-state index contributed by atoms with van der Waals surface area (Å²) in [6, 6.07) is 13.7. The standard InChI is InChI=1S/C23H24ClNO/c24-20-3-1-2-4-21(20)25-14-18-10-19(5-6-22(18)26)23-11-15-7-16(12-23)9-17(8-15)13-23/h1-6,10,14-17,26H,7-9,11-13H2. The predicted molar refractivity (Wildman–Crippen MR) is 107 cm³/mol. The average Bonchev–Trinajstić information content (AvgIpc) is 2.61. The van der Waals surface area contributed by atoms with Crippen molar-refractivity contribution in [2.75, 3.05) is 0 Å². The van der Waals surface area contributed by atoms with Crippen LogP contribution in [0.5, 0.6) is 5.75 Å². The smallest absolute Gasteiger partial charge is 0.124 e. The molecule has 2 nitrogen and oxygen atoms in total. The number of halogens is 1. The third kappa shape index (κ3) is 2.75. The Morgan fingerprint density at radius 1 is 0.962 bits per heavy atom. The molecule has 0 amide bonds. The highest BCUT2D eigenvalue weighted by Gasteiger charge is 2.51. The zero-order valence-electron chi connectivity index (χ0n) is 14.9. The average molecular weight is 366 g/mol. The third-order valence-electron chi connectivity index (χ3n) is 6.87. The van der Waals surface area contributed by atoms with Gasteiger partial charge in [-0.1, -0.05) is 29.8 Å². The highest BCUT2D eigenvalue weighted by molar-refractivity contribution is 6.33. The first-order valence-corrected chi connectivity index (χ1v) is 10.1. The minimum Gasteiger partial charge on any atom is -0.507 e. The Kier molecular flexibility index (Phi) is 3.86. The zero-order chi connectivity index (χ0) is 17.7. The summed E-state index contributed by atoms with van der Waals surface area (Å²) < 4.78 is 0. The van der Waals surface area contributed by atoms with Crippen LogP contribution in [0.1, 0.15) is 49.7 Å². The number of phenols is 1. The molecule has 2 aromatic rings. The number of hydrogen-bond acceptors (Lipinski definition) is 2. The Bertz CT molecular complexity index is 837. The van der Waals surface area contributed by atoms with E-state index in [1.807, 2.05) is 30.3 Å². The molecule has 0 spiro atoms. The zero-order valence-corrected chi connectivity index (χ0v) is 15.6. The summed E-state index contributed by atoms with van der Waals surface area (Å²) in [5.41, 5.74) is 3.25. The van der Waals surface area contributed by atoms with Gasteiger partial charge in [-0.3, -0.25) is 4.99 Å². The summed E-state index contributed by atoms with van der Waals surface area (Å²) >= 11 is 6.20. The molecule has 4 aliphatic carbocycles. The van der Waals surface area contributed by atoms with Crippen LogP contribution in [0.15, 0.2) is 47.5 Å². The fraction of sp³-hybridized carbons (Fsp3) is 0.435. The molecule has 0 saturated heterocycles. The van der Waals surface area contributed by atoms with Gasteiger partial charge in [0.25, 0.3) is 0 Å². The lowest BCUT2D eigenvalue weighted by molar-refractivity contribution is -0.00520. The number of para-hydroxylation sites is 1. The minimum absolute atomic E-state index is 0.286. The summed E-state index contributed by atoms with van der Waals surface area (Å²) in [5, 5.41) is 11.0. The van der Waals surface area contributed by atoms with Crippen LogP contribution < -0.4 is 0 Å². The van der Waals surface area contributed by atoms with E-state index < -0.39 is 0 Å². The van der Waals surface area contributed by atoms with Crippen molar-refractivity contribution in [1.29, 1.82) is 0 Å². The molecule has 4 aliphatic rings. The van der Waals surface area contributed by atoms with Gasteiger partial charge in [-0.15, -0.1) is 0 Å². The van der Waals surface area contributed by atoms with Gasteiger partial charge in [-0.2, -0.15) is 0 Å². The van der Waals surface area contributed by atoms with Crippen molar-refractivity contribution in [3.63, 3.8) is 0 Å². The summed E-state index contributed by atoms with van der Waals surface area (Å²) in [5.74, 6) is 3.02. The van der Waals surface area contributed by atoms with Gasteiger partial charge in [-0.05, 0) is 91.5 Å². The van der Waals surface area contributed by atoms with Gasteiger partial charge in [-0.25, -0.2) is 0 Å². The largest absolute Gasteiger partial charge is 0.507 e. The lowest BCUT2D eigenvalue weighted by Crippen LogP contribution is -2.48. The van der Waals surface area contributed by atoms with Gasteiger partial charge in [0.05, 0.1) is 10.7 Å². The molecule has 26 heavy (non-hydrogen) atoms. The summed E-state index contributed by atoms with van der Waals surface area (Å²) in [6.45, 7) is 0. The lowest BCUT2D eigenvalue weighted by Gasteiger charge is -2.57. The van der Waals surface area contributed by atoms with Gasteiger partial charge in [0.2, 0.25) is 0 Å². The van der Waals surface area contributed by atoms with Crippen LogP contribution in [0.3, 0.4) is 0 Å². The normalized spacial score (nSPS) is 32.4. The molecular formula is C23H24ClNO. The Morgan fingerprint density at radius 3 is 2.27 bits per heavy atom. The van der Waals surface area contributed by atoms with Crippen molar-refractivity contribution in [2.24, 2.45) is 22.7 Å². The maximum atomic E-state index is 10.3. The van der Waals surface area contributed by atoms with Crippen molar-refractivity contribution < 1.29 is 5.11 Å². The van der Waals surface area contributed by atoms with Crippen LogP contribution in [0.25, 0.3) is 0 Å². The monoisotopic (exact) mass is 365 g/mol. The quantitative estimate of drug-likeness (QED) is 0.639. The van der Waals surface area contributed by atoms with E-state index in [1.54, 1.807) is 6.21 Å². The van der Waals surface area contributed by atoms with Crippen LogP contribution in [0.2, 0.25) is 5.02 Å². The minimum atomic E-state index is 0.286. The van der Waals surface area contributed by atoms with Gasteiger partial charge >= 0.3 is 0 Å². The number of aliphatic imine (C=N–C) groups is 1. The number of rotatable bonds is 3. The summed E-state index contributed by atoms with van der Waals surface area (Å²) in [7, 11) is 0. The second-order valence-corrected chi connectivity index (χ2v) is 9.09. The van der Waals surface area contributed by atoms with E-state index in [2.05, 4.69) is 17.1 Å². The maximum Gasteiger partial charge on any atom is 0.124 e. The molecule has 0 radical (unpaired) electrons. The van der Waals surface area contributed by atoms with Crippen molar-refractivity contribution in [2.45, 2.75) is 43.9 Å². The van der Waals surface area contributed by atoms with Crippen LogP contribution in [-0.4, -0.2) is 11.3 Å². The second-order valence-electron chi connectivity index (χ2n) is 8.68. The third-order valence-corrected chi connectivity index (χ3v) is 7.19. The van der Waals surface area contributed by atoms with Gasteiger partial charge in [0.15, 0.2) is 0 Å². The molecule has 2 aromatic carbocycles.